The van der Waals surface area contributed by atoms with Gasteiger partial charge >= 0.3 is 5.57 Å². The zero-order chi connectivity index (χ0) is 18.7. The van der Waals surface area contributed by atoms with Gasteiger partial charge in [0.1, 0.15) is 11.6 Å². The van der Waals surface area contributed by atoms with E-state index in [4.69, 9.17) is 11.6 Å². The molecule has 0 aliphatic carbocycles. The first-order valence-electron chi connectivity index (χ1n) is 7.86. The van der Waals surface area contributed by atoms with Crippen LogP contribution >= 0.6 is 11.6 Å². The van der Waals surface area contributed by atoms with Crippen molar-refractivity contribution in [3.8, 4) is 5.75 Å². The van der Waals surface area contributed by atoms with Gasteiger partial charge in [-0.05, 0) is 42.8 Å². The van der Waals surface area contributed by atoms with Crippen LogP contribution in [-0.2, 0) is 0 Å². The molecule has 2 N–H and O–H groups in total. The largest absolute Gasteiger partial charge is 0.487 e. The van der Waals surface area contributed by atoms with E-state index in [1.54, 1.807) is 12.1 Å². The van der Waals surface area contributed by atoms with Crippen molar-refractivity contribution in [2.24, 2.45) is 0 Å². The minimum atomic E-state index is -3.79. The van der Waals surface area contributed by atoms with Gasteiger partial charge in [0.25, 0.3) is 5.91 Å². The number of halogens is 3. The van der Waals surface area contributed by atoms with E-state index in [0.29, 0.717) is 30.0 Å². The van der Waals surface area contributed by atoms with E-state index >= 15 is 0 Å². The van der Waals surface area contributed by atoms with Gasteiger partial charge in [0.15, 0.2) is 0 Å². The smallest absolute Gasteiger partial charge is 0.420 e. The summed E-state index contributed by atoms with van der Waals surface area (Å²) < 4.78 is 29.3. The Morgan fingerprint density at radius 2 is 2.04 bits per heavy atom. The molecule has 9 heteroatoms. The average molecular weight is 384 g/mol. The number of pyridine rings is 1. The van der Waals surface area contributed by atoms with Crippen LogP contribution in [0.2, 0.25) is 0 Å². The van der Waals surface area contributed by atoms with E-state index in [1.165, 1.54) is 30.5 Å². The van der Waals surface area contributed by atoms with Gasteiger partial charge in [-0.3, -0.25) is 4.79 Å². The molecule has 0 unspecified atom stereocenters. The zero-order valence-electron chi connectivity index (χ0n) is 13.5. The van der Waals surface area contributed by atoms with Crippen molar-refractivity contribution in [2.45, 2.75) is 18.1 Å². The van der Waals surface area contributed by atoms with E-state index < -0.39 is 5.57 Å². The Morgan fingerprint density at radius 3 is 2.58 bits per heavy atom. The van der Waals surface area contributed by atoms with Gasteiger partial charge < -0.3 is 20.1 Å². The highest BCUT2D eigenvalue weighted by Crippen LogP contribution is 2.26. The first-order valence-corrected chi connectivity index (χ1v) is 8.24. The second kappa shape index (κ2) is 7.43. The number of β-amino-alcohol motifs (C(OH)–C–C–N with tert-alkyl or cyclic N) is 1. The minimum Gasteiger partial charge on any atom is -0.420 e. The first kappa shape index (κ1) is 18.3. The number of hydrogen-bond acceptors (Lipinski definition) is 5. The highest BCUT2D eigenvalue weighted by atomic mass is 35.5. The molecule has 0 bridgehead atoms. The molecule has 1 fully saturated rings. The molecular formula is C17H16ClF2N3O3. The number of nitrogens with zero attached hydrogens (tertiary/aromatic N) is 2. The summed E-state index contributed by atoms with van der Waals surface area (Å²) in [6.07, 6.45) is 1.78. The van der Waals surface area contributed by atoms with Gasteiger partial charge in [-0.2, -0.15) is 0 Å². The first-order chi connectivity index (χ1) is 12.3. The molecule has 0 spiro atoms. The van der Waals surface area contributed by atoms with Crippen LogP contribution in [0.4, 0.5) is 20.3 Å². The van der Waals surface area contributed by atoms with Crippen LogP contribution in [0.15, 0.2) is 42.6 Å². The van der Waals surface area contributed by atoms with Crippen LogP contribution in [0.5, 0.6) is 5.75 Å². The molecule has 26 heavy (non-hydrogen) atoms. The number of alkyl halides is 3. The second-order valence-electron chi connectivity index (χ2n) is 5.82. The maximum Gasteiger partial charge on any atom is 0.487 e. The zero-order valence-corrected chi connectivity index (χ0v) is 14.3. The molecule has 1 saturated heterocycles. The average Bonchev–Trinajstić information content (AvgIpc) is 3.02. The van der Waals surface area contributed by atoms with Crippen molar-refractivity contribution in [3.05, 3.63) is 48.2 Å². The molecule has 2 aromatic rings. The minimum absolute atomic E-state index is 0.123. The third-order valence-corrected chi connectivity index (χ3v) is 3.92. The van der Waals surface area contributed by atoms with Crippen LogP contribution in [0.3, 0.4) is 0 Å². The standard InChI is InChI=1S/C17H16ClF2N3O3/c18-17(19,20)26-14-4-2-12(3-5-14)22-16(25)11-1-6-15(21-9-11)23-8-7-13(24)10-23/h1-6,9,13,24H,7-8,10H2,(H,22,25)/t13-/m1/s1. The normalized spacial score (nSPS) is 17.2. The fraction of sp³-hybridized carbons (Fsp3) is 0.294. The summed E-state index contributed by atoms with van der Waals surface area (Å²) in [6, 6.07) is 8.73. The lowest BCUT2D eigenvalue weighted by Crippen LogP contribution is -2.22. The number of aliphatic hydroxyl groups is 1. The quantitative estimate of drug-likeness (QED) is 0.776. The molecular weight excluding hydrogens is 368 g/mol. The molecule has 1 amide bonds. The summed E-state index contributed by atoms with van der Waals surface area (Å²) in [7, 11) is 0. The molecule has 1 aromatic carbocycles. The Bertz CT molecular complexity index is 766. The highest BCUT2D eigenvalue weighted by molar-refractivity contribution is 6.20. The van der Waals surface area contributed by atoms with Gasteiger partial charge in [-0.25, -0.2) is 4.98 Å². The third-order valence-electron chi connectivity index (χ3n) is 3.84. The predicted molar refractivity (Wildman–Crippen MR) is 92.9 cm³/mol. The maximum atomic E-state index is 12.6. The Morgan fingerprint density at radius 1 is 1.31 bits per heavy atom. The number of anilines is 2. The molecule has 1 aliphatic heterocycles. The summed E-state index contributed by atoms with van der Waals surface area (Å²) in [5, 5.41) is 12.2. The van der Waals surface area contributed by atoms with E-state index in [0.717, 1.165) is 6.54 Å². The molecule has 1 aliphatic rings. The van der Waals surface area contributed by atoms with E-state index in [2.05, 4.69) is 15.0 Å². The maximum absolute atomic E-state index is 12.6. The molecule has 3 rings (SSSR count). The lowest BCUT2D eigenvalue weighted by atomic mass is 10.2. The third kappa shape index (κ3) is 4.80. The summed E-state index contributed by atoms with van der Waals surface area (Å²) in [6.45, 7) is 1.24. The summed E-state index contributed by atoms with van der Waals surface area (Å²) in [4.78, 5) is 18.4. The number of carbonyl (C=O) groups is 1. The molecule has 1 atom stereocenters. The molecule has 2 heterocycles. The number of amides is 1. The van der Waals surface area contributed by atoms with E-state index in [-0.39, 0.29) is 17.8 Å². The lowest BCUT2D eigenvalue weighted by molar-refractivity contribution is -0.0964. The monoisotopic (exact) mass is 383 g/mol. The Kier molecular flexibility index (Phi) is 5.24. The van der Waals surface area contributed by atoms with Crippen molar-refractivity contribution in [2.75, 3.05) is 23.3 Å². The SMILES string of the molecule is O=C(Nc1ccc(OC(F)(F)Cl)cc1)c1ccc(N2CC[C@@H](O)C2)nc1. The van der Waals surface area contributed by atoms with Crippen LogP contribution in [-0.4, -0.2) is 40.8 Å². The van der Waals surface area contributed by atoms with Crippen LogP contribution in [0.25, 0.3) is 0 Å². The highest BCUT2D eigenvalue weighted by Gasteiger charge is 2.27. The predicted octanol–water partition coefficient (Wildman–Crippen LogP) is 3.07. The number of benzene rings is 1. The Labute approximate surface area is 153 Å². The number of rotatable bonds is 5. The van der Waals surface area contributed by atoms with Crippen LogP contribution < -0.4 is 15.0 Å². The number of ether oxygens (including phenoxy) is 1. The van der Waals surface area contributed by atoms with E-state index in [9.17, 15) is 18.7 Å². The second-order valence-corrected chi connectivity index (χ2v) is 6.26. The molecule has 1 aromatic heterocycles. The van der Waals surface area contributed by atoms with Gasteiger partial charge in [0, 0.05) is 36.6 Å². The van der Waals surface area contributed by atoms with Crippen LogP contribution in [0.1, 0.15) is 16.8 Å². The fourth-order valence-corrected chi connectivity index (χ4v) is 2.69. The summed E-state index contributed by atoms with van der Waals surface area (Å²) in [5.41, 5.74) is -3.03. The van der Waals surface area contributed by atoms with Gasteiger partial charge in [-0.15, -0.1) is 8.78 Å². The number of carbonyl (C=O) groups excluding carboxylic acids is 1. The number of hydrogen-bond donors (Lipinski definition) is 2. The van der Waals surface area contributed by atoms with Crippen molar-refractivity contribution in [1.29, 1.82) is 0 Å². The molecule has 0 saturated carbocycles. The number of aliphatic hydroxyl groups excluding tert-OH is 1. The van der Waals surface area contributed by atoms with Crippen molar-refractivity contribution in [3.63, 3.8) is 0 Å². The molecule has 6 nitrogen and oxygen atoms in total. The van der Waals surface area contributed by atoms with Crippen LogP contribution in [0, 0.1) is 0 Å². The topological polar surface area (TPSA) is 74.7 Å². The summed E-state index contributed by atoms with van der Waals surface area (Å²) >= 11 is 4.69. The van der Waals surface area contributed by atoms with Gasteiger partial charge in [0.05, 0.1) is 11.7 Å². The van der Waals surface area contributed by atoms with E-state index in [1.807, 2.05) is 4.90 Å². The van der Waals surface area contributed by atoms with Gasteiger partial charge in [-0.1, -0.05) is 0 Å². The Balaban J connectivity index is 1.61. The van der Waals surface area contributed by atoms with Crippen molar-refractivity contribution >= 4 is 29.0 Å². The fourth-order valence-electron chi connectivity index (χ4n) is 2.60. The van der Waals surface area contributed by atoms with Gasteiger partial charge in [0.2, 0.25) is 0 Å². The lowest BCUT2D eigenvalue weighted by Gasteiger charge is -2.16. The Hall–Kier alpha value is -2.45. The van der Waals surface area contributed by atoms with Crippen molar-refractivity contribution < 1.29 is 23.4 Å². The molecule has 0 radical (unpaired) electrons. The summed E-state index contributed by atoms with van der Waals surface area (Å²) in [5.74, 6) is 0.185. The number of nitrogens with one attached hydrogen (secondary N) is 1. The molecule has 138 valence electrons. The van der Waals surface area contributed by atoms with Crippen molar-refractivity contribution in [1.82, 2.24) is 4.98 Å². The number of aromatic nitrogens is 1.